The van der Waals surface area contributed by atoms with Crippen LogP contribution in [0, 0.1) is 0 Å². The number of nitrogens with one attached hydrogen (secondary N) is 2. The Morgan fingerprint density at radius 2 is 2.20 bits per heavy atom. The molecule has 0 unspecified atom stereocenters. The van der Waals surface area contributed by atoms with Crippen LogP contribution in [0.5, 0.6) is 0 Å². The van der Waals surface area contributed by atoms with Crippen LogP contribution in [-0.2, 0) is 11.2 Å². The van der Waals surface area contributed by atoms with Crippen molar-refractivity contribution in [1.82, 2.24) is 15.5 Å². The standard InChI is InChI=1S/C16H25N3O/c1-17-12-16(20)19(13-15-8-5-10-18-15)11-9-14-6-3-2-4-7-14/h2-4,6-7,15,17-18H,5,8-13H2,1H3/t15-/m0/s1. The maximum Gasteiger partial charge on any atom is 0.236 e. The molecule has 0 saturated carbocycles. The smallest absolute Gasteiger partial charge is 0.236 e. The highest BCUT2D eigenvalue weighted by Gasteiger charge is 2.20. The van der Waals surface area contributed by atoms with E-state index < -0.39 is 0 Å². The largest absolute Gasteiger partial charge is 0.340 e. The van der Waals surface area contributed by atoms with E-state index in [1.165, 1.54) is 18.4 Å². The van der Waals surface area contributed by atoms with Crippen LogP contribution in [-0.4, -0.2) is 50.1 Å². The van der Waals surface area contributed by atoms with Gasteiger partial charge in [-0.05, 0) is 38.4 Å². The number of amides is 1. The average molecular weight is 275 g/mol. The molecule has 1 heterocycles. The van der Waals surface area contributed by atoms with E-state index in [0.29, 0.717) is 12.6 Å². The summed E-state index contributed by atoms with van der Waals surface area (Å²) in [5, 5.41) is 6.43. The molecule has 0 aliphatic carbocycles. The van der Waals surface area contributed by atoms with Crippen LogP contribution in [0.4, 0.5) is 0 Å². The van der Waals surface area contributed by atoms with Gasteiger partial charge in [0.2, 0.25) is 5.91 Å². The first-order valence-corrected chi connectivity index (χ1v) is 7.49. The molecule has 0 bridgehead atoms. The van der Waals surface area contributed by atoms with Gasteiger partial charge in [0.15, 0.2) is 0 Å². The summed E-state index contributed by atoms with van der Waals surface area (Å²) in [4.78, 5) is 14.2. The van der Waals surface area contributed by atoms with Crippen molar-refractivity contribution in [2.75, 3.05) is 33.2 Å². The number of nitrogens with zero attached hydrogens (tertiary/aromatic N) is 1. The molecule has 20 heavy (non-hydrogen) atoms. The Labute approximate surface area is 121 Å². The van der Waals surface area contributed by atoms with Gasteiger partial charge in [0.25, 0.3) is 0 Å². The summed E-state index contributed by atoms with van der Waals surface area (Å²) in [6.45, 7) is 3.12. The fraction of sp³-hybridized carbons (Fsp3) is 0.562. The Hall–Kier alpha value is -1.39. The monoisotopic (exact) mass is 275 g/mol. The zero-order chi connectivity index (χ0) is 14.2. The first kappa shape index (κ1) is 15.0. The number of carbonyl (C=O) groups excluding carboxylic acids is 1. The second kappa shape index (κ2) is 8.02. The molecule has 4 nitrogen and oxygen atoms in total. The number of rotatable bonds is 7. The van der Waals surface area contributed by atoms with Crippen LogP contribution in [0.15, 0.2) is 30.3 Å². The van der Waals surface area contributed by atoms with Gasteiger partial charge in [-0.15, -0.1) is 0 Å². The first-order valence-electron chi connectivity index (χ1n) is 7.49. The fourth-order valence-electron chi connectivity index (χ4n) is 2.67. The van der Waals surface area contributed by atoms with Crippen molar-refractivity contribution < 1.29 is 4.79 Å². The summed E-state index contributed by atoms with van der Waals surface area (Å²) in [5.74, 6) is 0.192. The van der Waals surface area contributed by atoms with Gasteiger partial charge >= 0.3 is 0 Å². The predicted octanol–water partition coefficient (Wildman–Crippen LogP) is 1.03. The van der Waals surface area contributed by atoms with Gasteiger partial charge in [-0.2, -0.15) is 0 Å². The van der Waals surface area contributed by atoms with Crippen molar-refractivity contribution in [3.8, 4) is 0 Å². The third-order valence-electron chi connectivity index (χ3n) is 3.80. The predicted molar refractivity (Wildman–Crippen MR) is 81.7 cm³/mol. The summed E-state index contributed by atoms with van der Waals surface area (Å²) in [7, 11) is 1.82. The van der Waals surface area contributed by atoms with Crippen LogP contribution in [0.1, 0.15) is 18.4 Å². The van der Waals surface area contributed by atoms with Crippen molar-refractivity contribution in [1.29, 1.82) is 0 Å². The molecule has 1 aromatic rings. The highest BCUT2D eigenvalue weighted by Crippen LogP contribution is 2.08. The summed E-state index contributed by atoms with van der Waals surface area (Å²) >= 11 is 0. The lowest BCUT2D eigenvalue weighted by atomic mass is 10.1. The molecule has 4 heteroatoms. The molecule has 0 spiro atoms. The van der Waals surface area contributed by atoms with Gasteiger partial charge in [0.05, 0.1) is 6.54 Å². The van der Waals surface area contributed by atoms with E-state index in [4.69, 9.17) is 0 Å². The summed E-state index contributed by atoms with van der Waals surface area (Å²) in [5.41, 5.74) is 1.29. The quantitative estimate of drug-likeness (QED) is 0.781. The molecule has 0 aromatic heterocycles. The summed E-state index contributed by atoms with van der Waals surface area (Å²) < 4.78 is 0. The van der Waals surface area contributed by atoms with E-state index >= 15 is 0 Å². The molecule has 1 aliphatic heterocycles. The van der Waals surface area contributed by atoms with Crippen molar-refractivity contribution >= 4 is 5.91 Å². The van der Waals surface area contributed by atoms with Crippen molar-refractivity contribution in [2.24, 2.45) is 0 Å². The minimum atomic E-state index is 0.192. The van der Waals surface area contributed by atoms with Gasteiger partial charge in [0.1, 0.15) is 0 Å². The van der Waals surface area contributed by atoms with E-state index in [1.807, 2.05) is 30.1 Å². The normalized spacial score (nSPS) is 18.1. The second-order valence-electron chi connectivity index (χ2n) is 5.40. The lowest BCUT2D eigenvalue weighted by Gasteiger charge is -2.26. The number of carbonyl (C=O) groups is 1. The number of likely N-dealkylation sites (N-methyl/N-ethyl adjacent to an activating group) is 1. The van der Waals surface area contributed by atoms with Crippen LogP contribution in [0.25, 0.3) is 0 Å². The zero-order valence-corrected chi connectivity index (χ0v) is 12.3. The molecule has 0 radical (unpaired) electrons. The Bertz CT molecular complexity index is 401. The second-order valence-corrected chi connectivity index (χ2v) is 5.40. The van der Waals surface area contributed by atoms with Gasteiger partial charge in [-0.1, -0.05) is 30.3 Å². The molecule has 1 aromatic carbocycles. The Morgan fingerprint density at radius 3 is 2.85 bits per heavy atom. The van der Waals surface area contributed by atoms with Crippen LogP contribution in [0.2, 0.25) is 0 Å². The van der Waals surface area contributed by atoms with Gasteiger partial charge in [-0.3, -0.25) is 4.79 Å². The highest BCUT2D eigenvalue weighted by atomic mass is 16.2. The van der Waals surface area contributed by atoms with Crippen molar-refractivity contribution in [3.63, 3.8) is 0 Å². The molecule has 110 valence electrons. The average Bonchev–Trinajstić information content (AvgIpc) is 2.97. The first-order chi connectivity index (χ1) is 9.79. The molecule has 1 aliphatic rings. The van der Waals surface area contributed by atoms with Crippen LogP contribution < -0.4 is 10.6 Å². The lowest BCUT2D eigenvalue weighted by Crippen LogP contribution is -2.45. The minimum absolute atomic E-state index is 0.192. The minimum Gasteiger partial charge on any atom is -0.340 e. The zero-order valence-electron chi connectivity index (χ0n) is 12.3. The van der Waals surface area contributed by atoms with Gasteiger partial charge in [0, 0.05) is 19.1 Å². The van der Waals surface area contributed by atoms with E-state index in [9.17, 15) is 4.79 Å². The maximum absolute atomic E-state index is 12.2. The Kier molecular flexibility index (Phi) is 6.02. The molecular weight excluding hydrogens is 250 g/mol. The molecular formula is C16H25N3O. The third kappa shape index (κ3) is 4.62. The SMILES string of the molecule is CNCC(=O)N(CCc1ccccc1)C[C@@H]1CCCN1. The summed E-state index contributed by atoms with van der Waals surface area (Å²) in [6, 6.07) is 10.8. The van der Waals surface area contributed by atoms with Gasteiger partial charge in [-0.25, -0.2) is 0 Å². The summed E-state index contributed by atoms with van der Waals surface area (Å²) in [6.07, 6.45) is 3.31. The van der Waals surface area contributed by atoms with E-state index in [2.05, 4.69) is 22.8 Å². The van der Waals surface area contributed by atoms with E-state index in [1.54, 1.807) is 0 Å². The van der Waals surface area contributed by atoms with Crippen LogP contribution >= 0.6 is 0 Å². The number of benzene rings is 1. The number of hydrogen-bond acceptors (Lipinski definition) is 3. The maximum atomic E-state index is 12.2. The number of hydrogen-bond donors (Lipinski definition) is 2. The van der Waals surface area contributed by atoms with E-state index in [-0.39, 0.29) is 5.91 Å². The van der Waals surface area contributed by atoms with E-state index in [0.717, 1.165) is 26.1 Å². The Balaban J connectivity index is 1.89. The van der Waals surface area contributed by atoms with Crippen LogP contribution in [0.3, 0.4) is 0 Å². The molecule has 1 fully saturated rings. The van der Waals surface area contributed by atoms with Crippen molar-refractivity contribution in [2.45, 2.75) is 25.3 Å². The molecule has 1 amide bonds. The Morgan fingerprint density at radius 1 is 1.40 bits per heavy atom. The molecule has 2 rings (SSSR count). The van der Waals surface area contributed by atoms with Gasteiger partial charge < -0.3 is 15.5 Å². The molecule has 2 N–H and O–H groups in total. The third-order valence-corrected chi connectivity index (χ3v) is 3.80. The molecule has 1 atom stereocenters. The lowest BCUT2D eigenvalue weighted by molar-refractivity contribution is -0.130. The fourth-order valence-corrected chi connectivity index (χ4v) is 2.67. The molecule has 1 saturated heterocycles. The topological polar surface area (TPSA) is 44.4 Å². The highest BCUT2D eigenvalue weighted by molar-refractivity contribution is 5.78. The van der Waals surface area contributed by atoms with Crippen molar-refractivity contribution in [3.05, 3.63) is 35.9 Å².